The van der Waals surface area contributed by atoms with E-state index in [1.165, 1.54) is 14.1 Å². The fourth-order valence-electron chi connectivity index (χ4n) is 1.96. The standard InChI is InChI=1S/C10H16N4O3/c1-12-9(16)8(11-13(2)10(12)17)14-5-3-7(15)4-6-14/h7,15H,3-6H2,1-2H3. The molecule has 1 aliphatic heterocycles. The highest BCUT2D eigenvalue weighted by Crippen LogP contribution is 2.13. The molecule has 94 valence electrons. The summed E-state index contributed by atoms with van der Waals surface area (Å²) in [5.74, 6) is 0.279. The van der Waals surface area contributed by atoms with Crippen molar-refractivity contribution in [2.75, 3.05) is 18.0 Å². The third-order valence-corrected chi connectivity index (χ3v) is 3.07. The van der Waals surface area contributed by atoms with Crippen molar-refractivity contribution in [3.63, 3.8) is 0 Å². The Morgan fingerprint density at radius 1 is 1.24 bits per heavy atom. The zero-order valence-electron chi connectivity index (χ0n) is 9.96. The van der Waals surface area contributed by atoms with Crippen LogP contribution in [0.3, 0.4) is 0 Å². The van der Waals surface area contributed by atoms with Crippen molar-refractivity contribution in [3.8, 4) is 0 Å². The number of anilines is 1. The number of piperidine rings is 1. The first-order chi connectivity index (χ1) is 8.00. The molecule has 0 spiro atoms. The molecule has 0 unspecified atom stereocenters. The van der Waals surface area contributed by atoms with E-state index < -0.39 is 5.69 Å². The second kappa shape index (κ2) is 4.33. The van der Waals surface area contributed by atoms with E-state index in [2.05, 4.69) is 5.10 Å². The summed E-state index contributed by atoms with van der Waals surface area (Å²) < 4.78 is 2.20. The van der Waals surface area contributed by atoms with E-state index in [0.29, 0.717) is 25.9 Å². The molecule has 1 aromatic rings. The third-order valence-electron chi connectivity index (χ3n) is 3.07. The fourth-order valence-corrected chi connectivity index (χ4v) is 1.96. The number of aliphatic hydroxyl groups is 1. The van der Waals surface area contributed by atoms with E-state index in [-0.39, 0.29) is 17.5 Å². The van der Waals surface area contributed by atoms with Crippen molar-refractivity contribution in [1.82, 2.24) is 14.3 Å². The van der Waals surface area contributed by atoms with Crippen LogP contribution in [0.4, 0.5) is 5.82 Å². The summed E-state index contributed by atoms with van der Waals surface area (Å²) in [6.07, 6.45) is 0.934. The van der Waals surface area contributed by atoms with E-state index in [1.807, 2.05) is 4.90 Å². The minimum Gasteiger partial charge on any atom is -0.393 e. The summed E-state index contributed by atoms with van der Waals surface area (Å²) in [5.41, 5.74) is -0.819. The second-order valence-corrected chi connectivity index (χ2v) is 4.31. The van der Waals surface area contributed by atoms with Crippen LogP contribution in [-0.4, -0.2) is 38.6 Å². The highest BCUT2D eigenvalue weighted by atomic mass is 16.3. The lowest BCUT2D eigenvalue weighted by molar-refractivity contribution is 0.145. The Morgan fingerprint density at radius 2 is 1.82 bits per heavy atom. The van der Waals surface area contributed by atoms with Gasteiger partial charge in [0, 0.05) is 27.2 Å². The van der Waals surface area contributed by atoms with E-state index in [1.54, 1.807) is 0 Å². The van der Waals surface area contributed by atoms with Crippen LogP contribution in [0.5, 0.6) is 0 Å². The van der Waals surface area contributed by atoms with Crippen LogP contribution in [0.15, 0.2) is 9.59 Å². The summed E-state index contributed by atoms with van der Waals surface area (Å²) in [6.45, 7) is 1.17. The molecule has 0 bridgehead atoms. The fraction of sp³-hybridized carbons (Fsp3) is 0.700. The molecule has 2 rings (SSSR count). The maximum absolute atomic E-state index is 11.9. The molecule has 1 aliphatic rings. The summed E-state index contributed by atoms with van der Waals surface area (Å²) in [5, 5.41) is 13.4. The molecule has 0 aromatic carbocycles. The van der Waals surface area contributed by atoms with Crippen LogP contribution >= 0.6 is 0 Å². The lowest BCUT2D eigenvalue weighted by Crippen LogP contribution is -2.45. The van der Waals surface area contributed by atoms with Crippen LogP contribution in [0.25, 0.3) is 0 Å². The van der Waals surface area contributed by atoms with Gasteiger partial charge < -0.3 is 10.0 Å². The molecule has 0 radical (unpaired) electrons. The van der Waals surface area contributed by atoms with Crippen molar-refractivity contribution in [3.05, 3.63) is 20.8 Å². The molecule has 17 heavy (non-hydrogen) atoms. The molecule has 2 heterocycles. The number of nitrogens with zero attached hydrogens (tertiary/aromatic N) is 4. The number of hydrogen-bond acceptors (Lipinski definition) is 5. The first kappa shape index (κ1) is 11.8. The van der Waals surface area contributed by atoms with Gasteiger partial charge in [-0.2, -0.15) is 0 Å². The summed E-state index contributed by atoms with van der Waals surface area (Å²) in [4.78, 5) is 25.2. The quantitative estimate of drug-likeness (QED) is 0.642. The zero-order chi connectivity index (χ0) is 12.6. The summed E-state index contributed by atoms with van der Waals surface area (Å²) in [6, 6.07) is 0. The van der Waals surface area contributed by atoms with Gasteiger partial charge in [0.05, 0.1) is 6.10 Å². The zero-order valence-corrected chi connectivity index (χ0v) is 9.96. The van der Waals surface area contributed by atoms with E-state index >= 15 is 0 Å². The van der Waals surface area contributed by atoms with Gasteiger partial charge in [0.1, 0.15) is 0 Å². The Kier molecular flexibility index (Phi) is 3.01. The van der Waals surface area contributed by atoms with Gasteiger partial charge in [0.25, 0.3) is 5.56 Å². The van der Waals surface area contributed by atoms with Gasteiger partial charge in [-0.3, -0.25) is 9.36 Å². The number of hydrogen-bond donors (Lipinski definition) is 1. The smallest absolute Gasteiger partial charge is 0.346 e. The van der Waals surface area contributed by atoms with Crippen molar-refractivity contribution in [2.24, 2.45) is 14.1 Å². The van der Waals surface area contributed by atoms with Crippen LogP contribution in [-0.2, 0) is 14.1 Å². The van der Waals surface area contributed by atoms with Crippen molar-refractivity contribution >= 4 is 5.82 Å². The van der Waals surface area contributed by atoms with Crippen molar-refractivity contribution in [2.45, 2.75) is 18.9 Å². The molecular weight excluding hydrogens is 224 g/mol. The van der Waals surface area contributed by atoms with Gasteiger partial charge in [-0.05, 0) is 12.8 Å². The summed E-state index contributed by atoms with van der Waals surface area (Å²) >= 11 is 0. The van der Waals surface area contributed by atoms with Crippen LogP contribution in [0, 0.1) is 0 Å². The Labute approximate surface area is 97.9 Å². The molecule has 1 aromatic heterocycles. The first-order valence-electron chi connectivity index (χ1n) is 5.58. The molecule has 7 nitrogen and oxygen atoms in total. The largest absolute Gasteiger partial charge is 0.393 e. The Hall–Kier alpha value is -1.63. The van der Waals surface area contributed by atoms with Crippen LogP contribution < -0.4 is 16.1 Å². The van der Waals surface area contributed by atoms with Gasteiger partial charge in [-0.15, -0.1) is 5.10 Å². The summed E-state index contributed by atoms with van der Waals surface area (Å²) in [7, 11) is 2.96. The molecule has 0 saturated carbocycles. The number of aliphatic hydroxyl groups excluding tert-OH is 1. The van der Waals surface area contributed by atoms with Gasteiger partial charge in [0.2, 0.25) is 5.82 Å². The van der Waals surface area contributed by atoms with Gasteiger partial charge in [-0.1, -0.05) is 0 Å². The minimum atomic E-state index is -0.434. The van der Waals surface area contributed by atoms with E-state index in [4.69, 9.17) is 0 Å². The first-order valence-corrected chi connectivity index (χ1v) is 5.58. The topological polar surface area (TPSA) is 80.4 Å². The highest BCUT2D eigenvalue weighted by molar-refractivity contribution is 5.35. The van der Waals surface area contributed by atoms with E-state index in [0.717, 1.165) is 9.25 Å². The van der Waals surface area contributed by atoms with E-state index in [9.17, 15) is 14.7 Å². The molecule has 1 N–H and O–H groups in total. The second-order valence-electron chi connectivity index (χ2n) is 4.31. The number of rotatable bonds is 1. The Bertz CT molecular complexity index is 525. The van der Waals surface area contributed by atoms with Crippen molar-refractivity contribution in [1.29, 1.82) is 0 Å². The highest BCUT2D eigenvalue weighted by Gasteiger charge is 2.21. The van der Waals surface area contributed by atoms with Crippen LogP contribution in [0.1, 0.15) is 12.8 Å². The molecule has 7 heteroatoms. The average molecular weight is 240 g/mol. The van der Waals surface area contributed by atoms with Crippen molar-refractivity contribution < 1.29 is 5.11 Å². The Morgan fingerprint density at radius 3 is 2.41 bits per heavy atom. The normalized spacial score (nSPS) is 17.5. The molecule has 0 amide bonds. The maximum atomic E-state index is 11.9. The van der Waals surface area contributed by atoms with Crippen LogP contribution in [0.2, 0.25) is 0 Å². The molecule has 1 saturated heterocycles. The van der Waals surface area contributed by atoms with Gasteiger partial charge in [0.15, 0.2) is 0 Å². The predicted molar refractivity (Wildman–Crippen MR) is 62.2 cm³/mol. The lowest BCUT2D eigenvalue weighted by atomic mass is 10.1. The molecule has 0 atom stereocenters. The van der Waals surface area contributed by atoms with Gasteiger partial charge >= 0.3 is 5.69 Å². The number of aromatic nitrogens is 3. The molecule has 1 fully saturated rings. The third kappa shape index (κ3) is 2.10. The monoisotopic (exact) mass is 240 g/mol. The maximum Gasteiger partial charge on any atom is 0.346 e. The average Bonchev–Trinajstić information content (AvgIpc) is 2.32. The number of aryl methyl sites for hydroxylation is 1. The minimum absolute atomic E-state index is 0.279. The Balaban J connectivity index is 2.40. The SMILES string of the molecule is Cn1nc(N2CCC(O)CC2)c(=O)n(C)c1=O. The lowest BCUT2D eigenvalue weighted by Gasteiger charge is -2.29. The predicted octanol–water partition coefficient (Wildman–Crippen LogP) is -1.56. The van der Waals surface area contributed by atoms with Gasteiger partial charge in [-0.25, -0.2) is 9.48 Å². The molecule has 0 aliphatic carbocycles. The molecular formula is C10H16N4O3.